The molecule has 1 aromatic carbocycles. The van der Waals surface area contributed by atoms with Gasteiger partial charge in [-0.2, -0.15) is 0 Å². The number of hydrogen-bond acceptors (Lipinski definition) is 5. The fourth-order valence-electron chi connectivity index (χ4n) is 3.61. The van der Waals surface area contributed by atoms with E-state index in [0.29, 0.717) is 22.8 Å². The second-order valence-electron chi connectivity index (χ2n) is 6.96. The highest BCUT2D eigenvalue weighted by atomic mass is 35.5. The average Bonchev–Trinajstić information content (AvgIpc) is 2.94. The fraction of sp³-hybridized carbons (Fsp3) is 0.500. The zero-order valence-electron chi connectivity index (χ0n) is 16.3. The molecule has 7 nitrogen and oxygen atoms in total. The molecule has 1 saturated heterocycles. The Bertz CT molecular complexity index is 760. The largest absolute Gasteiger partial charge is 0.463 e. The molecule has 0 radical (unpaired) electrons. The lowest BCUT2D eigenvalue weighted by Gasteiger charge is -2.36. The minimum Gasteiger partial charge on any atom is -0.463 e. The van der Waals surface area contributed by atoms with Gasteiger partial charge in [0.15, 0.2) is 0 Å². The standard InChI is InChI=1S/C20H27ClN4O3/c1-3-28-19(26)17-16(13-25-10-5-8-22-9-11-25)24(2)20(27)23-18(17)14-6-4-7-15(21)12-14/h4,6-7,12,18,22H,3,5,8-11,13H2,1-2H3,(H,23,27). The van der Waals surface area contributed by atoms with Crippen molar-refractivity contribution in [1.82, 2.24) is 20.4 Å². The van der Waals surface area contributed by atoms with Gasteiger partial charge in [0.2, 0.25) is 0 Å². The molecule has 2 aliphatic rings. The predicted octanol–water partition coefficient (Wildman–Crippen LogP) is 2.15. The summed E-state index contributed by atoms with van der Waals surface area (Å²) in [5.41, 5.74) is 1.89. The number of carbonyl (C=O) groups excluding carboxylic acids is 2. The summed E-state index contributed by atoms with van der Waals surface area (Å²) in [7, 11) is 1.69. The molecule has 0 aliphatic carbocycles. The van der Waals surface area contributed by atoms with Crippen molar-refractivity contribution >= 4 is 23.6 Å². The number of rotatable bonds is 5. The first kappa shape index (κ1) is 20.6. The van der Waals surface area contributed by atoms with Crippen LogP contribution in [-0.2, 0) is 9.53 Å². The lowest BCUT2D eigenvalue weighted by atomic mass is 9.94. The molecule has 1 fully saturated rings. The van der Waals surface area contributed by atoms with Crippen LogP contribution in [0, 0.1) is 0 Å². The number of benzene rings is 1. The summed E-state index contributed by atoms with van der Waals surface area (Å²) in [6, 6.07) is 6.35. The second-order valence-corrected chi connectivity index (χ2v) is 7.39. The summed E-state index contributed by atoms with van der Waals surface area (Å²) >= 11 is 6.16. The minimum atomic E-state index is -0.596. The van der Waals surface area contributed by atoms with E-state index in [-0.39, 0.29) is 12.6 Å². The number of halogens is 1. The topological polar surface area (TPSA) is 73.9 Å². The Labute approximate surface area is 170 Å². The highest BCUT2D eigenvalue weighted by Crippen LogP contribution is 2.32. The first-order valence-corrected chi connectivity index (χ1v) is 10.0. The maximum absolute atomic E-state index is 12.9. The Morgan fingerprint density at radius 3 is 2.89 bits per heavy atom. The van der Waals surface area contributed by atoms with E-state index in [4.69, 9.17) is 16.3 Å². The van der Waals surface area contributed by atoms with E-state index in [9.17, 15) is 9.59 Å². The smallest absolute Gasteiger partial charge is 0.338 e. The predicted molar refractivity (Wildman–Crippen MR) is 108 cm³/mol. The lowest BCUT2D eigenvalue weighted by molar-refractivity contribution is -0.139. The number of likely N-dealkylation sites (N-methyl/N-ethyl adjacent to an activating group) is 1. The Balaban J connectivity index is 2.03. The van der Waals surface area contributed by atoms with Crippen LogP contribution in [0.4, 0.5) is 4.79 Å². The Kier molecular flexibility index (Phi) is 6.93. The molecule has 2 heterocycles. The molecule has 0 aromatic heterocycles. The van der Waals surface area contributed by atoms with Gasteiger partial charge in [0.05, 0.1) is 18.2 Å². The van der Waals surface area contributed by atoms with Gasteiger partial charge in [-0.15, -0.1) is 0 Å². The highest BCUT2D eigenvalue weighted by molar-refractivity contribution is 6.30. The molecule has 1 atom stereocenters. The monoisotopic (exact) mass is 406 g/mol. The van der Waals surface area contributed by atoms with Crippen molar-refractivity contribution < 1.29 is 14.3 Å². The average molecular weight is 407 g/mol. The molecule has 0 spiro atoms. The van der Waals surface area contributed by atoms with E-state index in [1.54, 1.807) is 26.1 Å². The van der Waals surface area contributed by atoms with E-state index in [1.165, 1.54) is 4.90 Å². The van der Waals surface area contributed by atoms with Gasteiger partial charge in [0.25, 0.3) is 0 Å². The van der Waals surface area contributed by atoms with E-state index in [2.05, 4.69) is 15.5 Å². The molecule has 152 valence electrons. The molecule has 1 unspecified atom stereocenters. The van der Waals surface area contributed by atoms with Crippen molar-refractivity contribution in [1.29, 1.82) is 0 Å². The fourth-order valence-corrected chi connectivity index (χ4v) is 3.80. The number of amides is 2. The van der Waals surface area contributed by atoms with Crippen molar-refractivity contribution in [2.75, 3.05) is 46.4 Å². The number of hydrogen-bond donors (Lipinski definition) is 2. The molecular formula is C20H27ClN4O3. The van der Waals surface area contributed by atoms with Crippen LogP contribution in [0.2, 0.25) is 5.02 Å². The maximum atomic E-state index is 12.9. The summed E-state index contributed by atoms with van der Waals surface area (Å²) in [6.45, 7) is 6.18. The lowest BCUT2D eigenvalue weighted by Crippen LogP contribution is -2.49. The van der Waals surface area contributed by atoms with E-state index in [0.717, 1.165) is 38.2 Å². The van der Waals surface area contributed by atoms with Gasteiger partial charge in [-0.1, -0.05) is 23.7 Å². The number of esters is 1. The Morgan fingerprint density at radius 1 is 1.32 bits per heavy atom. The van der Waals surface area contributed by atoms with Crippen molar-refractivity contribution in [3.63, 3.8) is 0 Å². The zero-order valence-corrected chi connectivity index (χ0v) is 17.1. The quantitative estimate of drug-likeness (QED) is 0.733. The summed E-state index contributed by atoms with van der Waals surface area (Å²) < 4.78 is 5.35. The molecule has 1 aromatic rings. The van der Waals surface area contributed by atoms with Crippen LogP contribution in [0.15, 0.2) is 35.5 Å². The summed E-state index contributed by atoms with van der Waals surface area (Å²) in [6.07, 6.45) is 1.02. The molecule has 2 N–H and O–H groups in total. The van der Waals surface area contributed by atoms with Crippen LogP contribution in [0.1, 0.15) is 24.9 Å². The van der Waals surface area contributed by atoms with Gasteiger partial charge in [0, 0.05) is 37.4 Å². The molecule has 28 heavy (non-hydrogen) atoms. The van der Waals surface area contributed by atoms with Crippen molar-refractivity contribution in [3.05, 3.63) is 46.1 Å². The molecular weight excluding hydrogens is 380 g/mol. The summed E-state index contributed by atoms with van der Waals surface area (Å²) in [5.74, 6) is -0.415. The summed E-state index contributed by atoms with van der Waals surface area (Å²) in [5, 5.41) is 6.84. The van der Waals surface area contributed by atoms with Crippen LogP contribution in [-0.4, -0.2) is 68.2 Å². The zero-order chi connectivity index (χ0) is 20.1. The van der Waals surface area contributed by atoms with Crippen molar-refractivity contribution in [2.45, 2.75) is 19.4 Å². The maximum Gasteiger partial charge on any atom is 0.338 e. The van der Waals surface area contributed by atoms with Crippen LogP contribution >= 0.6 is 11.6 Å². The normalized spacial score (nSPS) is 21.3. The number of ether oxygens (including phenoxy) is 1. The third kappa shape index (κ3) is 4.66. The number of nitrogens with one attached hydrogen (secondary N) is 2. The first-order valence-electron chi connectivity index (χ1n) is 9.64. The van der Waals surface area contributed by atoms with Gasteiger partial charge in [-0.3, -0.25) is 9.80 Å². The second kappa shape index (κ2) is 9.41. The van der Waals surface area contributed by atoms with Crippen LogP contribution in [0.3, 0.4) is 0 Å². The molecule has 2 aliphatic heterocycles. The van der Waals surface area contributed by atoms with Crippen LogP contribution < -0.4 is 10.6 Å². The third-order valence-electron chi connectivity index (χ3n) is 5.06. The summed E-state index contributed by atoms with van der Waals surface area (Å²) in [4.78, 5) is 29.4. The number of nitrogens with zero attached hydrogens (tertiary/aromatic N) is 2. The minimum absolute atomic E-state index is 0.249. The number of urea groups is 1. The SMILES string of the molecule is CCOC(=O)C1=C(CN2CCCNCC2)N(C)C(=O)NC1c1cccc(Cl)c1. The van der Waals surface area contributed by atoms with E-state index in [1.807, 2.05) is 12.1 Å². The van der Waals surface area contributed by atoms with Crippen LogP contribution in [0.25, 0.3) is 0 Å². The molecule has 8 heteroatoms. The number of carbonyl (C=O) groups is 2. The van der Waals surface area contributed by atoms with Gasteiger partial charge in [0.1, 0.15) is 0 Å². The van der Waals surface area contributed by atoms with Gasteiger partial charge >= 0.3 is 12.0 Å². The Morgan fingerprint density at radius 2 is 2.14 bits per heavy atom. The van der Waals surface area contributed by atoms with Crippen LogP contribution in [0.5, 0.6) is 0 Å². The Hall–Kier alpha value is -2.09. The van der Waals surface area contributed by atoms with Crippen molar-refractivity contribution in [2.24, 2.45) is 0 Å². The van der Waals surface area contributed by atoms with E-state index < -0.39 is 12.0 Å². The van der Waals surface area contributed by atoms with Gasteiger partial charge < -0.3 is 15.4 Å². The van der Waals surface area contributed by atoms with E-state index >= 15 is 0 Å². The first-order chi connectivity index (χ1) is 13.5. The molecule has 0 saturated carbocycles. The molecule has 3 rings (SSSR count). The molecule has 0 bridgehead atoms. The molecule has 2 amide bonds. The highest BCUT2D eigenvalue weighted by Gasteiger charge is 2.37. The van der Waals surface area contributed by atoms with Gasteiger partial charge in [-0.05, 0) is 44.1 Å². The third-order valence-corrected chi connectivity index (χ3v) is 5.30. The van der Waals surface area contributed by atoms with Crippen molar-refractivity contribution in [3.8, 4) is 0 Å². The van der Waals surface area contributed by atoms with Gasteiger partial charge in [-0.25, -0.2) is 9.59 Å².